The van der Waals surface area contributed by atoms with Gasteiger partial charge in [0.25, 0.3) is 0 Å². The van der Waals surface area contributed by atoms with Crippen molar-refractivity contribution in [3.8, 4) is 0 Å². The Morgan fingerprint density at radius 2 is 1.68 bits per heavy atom. The maximum Gasteiger partial charge on any atom is 0.418 e. The van der Waals surface area contributed by atoms with Crippen molar-refractivity contribution < 1.29 is 22.4 Å². The molecule has 4 nitrogen and oxygen atoms in total. The number of carbonyl (C=O) groups excluding carboxylic acids is 1. The van der Waals surface area contributed by atoms with E-state index in [1.807, 2.05) is 0 Å². The van der Waals surface area contributed by atoms with Crippen molar-refractivity contribution in [2.24, 2.45) is 0 Å². The predicted octanol–water partition coefficient (Wildman–Crippen LogP) is 5.16. The fraction of sp³-hybridized carbons (Fsp3) is 0.100. The van der Waals surface area contributed by atoms with Crippen LogP contribution in [-0.2, 0) is 17.4 Å². The van der Waals surface area contributed by atoms with Crippen LogP contribution in [0.4, 0.5) is 34.8 Å². The number of aromatic nitrogens is 1. The van der Waals surface area contributed by atoms with Crippen LogP contribution in [0.1, 0.15) is 11.1 Å². The van der Waals surface area contributed by atoms with Gasteiger partial charge in [0.1, 0.15) is 11.6 Å². The Hall–Kier alpha value is -3.42. The summed E-state index contributed by atoms with van der Waals surface area (Å²) in [6.07, 6.45) is -3.10. The highest BCUT2D eigenvalue weighted by molar-refractivity contribution is 5.92. The number of halogens is 4. The van der Waals surface area contributed by atoms with Gasteiger partial charge in [0.2, 0.25) is 5.91 Å². The summed E-state index contributed by atoms with van der Waals surface area (Å²) in [6, 6.07) is 13.6. The Kier molecular flexibility index (Phi) is 5.58. The van der Waals surface area contributed by atoms with Crippen LogP contribution in [0.2, 0.25) is 0 Å². The van der Waals surface area contributed by atoms with E-state index in [2.05, 4.69) is 15.6 Å². The minimum absolute atomic E-state index is 0.0548. The molecule has 3 aromatic rings. The van der Waals surface area contributed by atoms with E-state index in [4.69, 9.17) is 0 Å². The number of rotatable bonds is 5. The van der Waals surface area contributed by atoms with Gasteiger partial charge in [0, 0.05) is 0 Å². The Balaban J connectivity index is 1.64. The maximum absolute atomic E-state index is 13.0. The molecule has 8 heteroatoms. The standard InChI is InChI=1S/C20H15F4N3O/c21-14-7-5-13(6-8-14)11-19(28)26-15-9-10-18(25-12-15)27-17-4-2-1-3-16(17)20(22,23)24/h1-10,12H,11H2,(H,25,27)(H,26,28). The molecule has 0 saturated heterocycles. The number of alkyl halides is 3. The number of anilines is 3. The molecule has 0 atom stereocenters. The Labute approximate surface area is 158 Å². The van der Waals surface area contributed by atoms with Crippen LogP contribution in [-0.4, -0.2) is 10.9 Å². The van der Waals surface area contributed by atoms with Gasteiger partial charge < -0.3 is 10.6 Å². The monoisotopic (exact) mass is 389 g/mol. The van der Waals surface area contributed by atoms with Gasteiger partial charge in [-0.15, -0.1) is 0 Å². The Bertz CT molecular complexity index is 954. The van der Waals surface area contributed by atoms with E-state index in [9.17, 15) is 22.4 Å². The summed E-state index contributed by atoms with van der Waals surface area (Å²) in [5.74, 6) is -0.506. The van der Waals surface area contributed by atoms with Crippen LogP contribution in [0.25, 0.3) is 0 Å². The molecule has 0 aliphatic heterocycles. The molecule has 144 valence electrons. The molecule has 0 aliphatic rings. The fourth-order valence-electron chi connectivity index (χ4n) is 2.51. The molecule has 0 saturated carbocycles. The molecule has 0 unspecified atom stereocenters. The van der Waals surface area contributed by atoms with Crippen molar-refractivity contribution in [1.29, 1.82) is 0 Å². The van der Waals surface area contributed by atoms with Crippen molar-refractivity contribution >= 4 is 23.1 Å². The second-order valence-electron chi connectivity index (χ2n) is 5.95. The van der Waals surface area contributed by atoms with Gasteiger partial charge in [0.15, 0.2) is 0 Å². The van der Waals surface area contributed by atoms with Crippen LogP contribution in [0.5, 0.6) is 0 Å². The number of hydrogen-bond donors (Lipinski definition) is 2. The first-order valence-electron chi connectivity index (χ1n) is 8.25. The molecule has 0 bridgehead atoms. The van der Waals surface area contributed by atoms with Crippen molar-refractivity contribution in [1.82, 2.24) is 4.98 Å². The van der Waals surface area contributed by atoms with Crippen LogP contribution in [0, 0.1) is 5.82 Å². The van der Waals surface area contributed by atoms with E-state index in [-0.39, 0.29) is 29.7 Å². The molecule has 2 aromatic carbocycles. The molecule has 0 aliphatic carbocycles. The molecular formula is C20H15F4N3O. The Morgan fingerprint density at radius 3 is 2.32 bits per heavy atom. The van der Waals surface area contributed by atoms with Crippen LogP contribution in [0.3, 0.4) is 0 Å². The van der Waals surface area contributed by atoms with Gasteiger partial charge in [-0.05, 0) is 42.0 Å². The molecule has 0 spiro atoms. The molecule has 3 rings (SSSR count). The summed E-state index contributed by atoms with van der Waals surface area (Å²) >= 11 is 0. The zero-order valence-electron chi connectivity index (χ0n) is 14.4. The summed E-state index contributed by atoms with van der Waals surface area (Å²) in [5, 5.41) is 5.25. The van der Waals surface area contributed by atoms with Gasteiger partial charge >= 0.3 is 6.18 Å². The van der Waals surface area contributed by atoms with E-state index in [1.165, 1.54) is 60.8 Å². The highest BCUT2D eigenvalue weighted by atomic mass is 19.4. The fourth-order valence-corrected chi connectivity index (χ4v) is 2.51. The summed E-state index contributed by atoms with van der Waals surface area (Å²) in [5.41, 5.74) is 0.125. The van der Waals surface area contributed by atoms with E-state index >= 15 is 0 Å². The predicted molar refractivity (Wildman–Crippen MR) is 97.7 cm³/mol. The summed E-state index contributed by atoms with van der Waals surface area (Å²) < 4.78 is 52.0. The number of para-hydroxylation sites is 1. The minimum Gasteiger partial charge on any atom is -0.340 e. The van der Waals surface area contributed by atoms with Crippen LogP contribution in [0.15, 0.2) is 66.9 Å². The lowest BCUT2D eigenvalue weighted by Crippen LogP contribution is -2.14. The lowest BCUT2D eigenvalue weighted by Gasteiger charge is -2.14. The number of nitrogens with zero attached hydrogens (tertiary/aromatic N) is 1. The minimum atomic E-state index is -4.49. The Morgan fingerprint density at radius 1 is 0.964 bits per heavy atom. The molecule has 0 radical (unpaired) electrons. The highest BCUT2D eigenvalue weighted by Crippen LogP contribution is 2.35. The second-order valence-corrected chi connectivity index (χ2v) is 5.95. The third kappa shape index (κ3) is 5.06. The quantitative estimate of drug-likeness (QED) is 0.593. The first-order chi connectivity index (χ1) is 13.3. The largest absolute Gasteiger partial charge is 0.418 e. The molecule has 1 heterocycles. The molecule has 1 amide bonds. The van der Waals surface area contributed by atoms with Crippen molar-refractivity contribution in [3.05, 3.63) is 83.8 Å². The van der Waals surface area contributed by atoms with Gasteiger partial charge in [-0.1, -0.05) is 24.3 Å². The van der Waals surface area contributed by atoms with Gasteiger partial charge in [-0.2, -0.15) is 13.2 Å². The van der Waals surface area contributed by atoms with E-state index in [0.29, 0.717) is 11.3 Å². The average Bonchev–Trinajstić information content (AvgIpc) is 2.65. The molecule has 2 N–H and O–H groups in total. The summed E-state index contributed by atoms with van der Waals surface area (Å²) in [4.78, 5) is 16.1. The number of benzene rings is 2. The number of nitrogens with one attached hydrogen (secondary N) is 2. The molecule has 28 heavy (non-hydrogen) atoms. The first-order valence-corrected chi connectivity index (χ1v) is 8.25. The molecule has 1 aromatic heterocycles. The number of amides is 1. The lowest BCUT2D eigenvalue weighted by molar-refractivity contribution is -0.136. The van der Waals surface area contributed by atoms with E-state index in [0.717, 1.165) is 6.07 Å². The van der Waals surface area contributed by atoms with Crippen molar-refractivity contribution in [3.63, 3.8) is 0 Å². The number of pyridine rings is 1. The maximum atomic E-state index is 13.0. The smallest absolute Gasteiger partial charge is 0.340 e. The second kappa shape index (κ2) is 8.08. The van der Waals surface area contributed by atoms with Crippen LogP contribution < -0.4 is 10.6 Å². The molecular weight excluding hydrogens is 374 g/mol. The normalized spacial score (nSPS) is 11.1. The van der Waals surface area contributed by atoms with Crippen molar-refractivity contribution in [2.45, 2.75) is 12.6 Å². The van der Waals surface area contributed by atoms with Gasteiger partial charge in [-0.3, -0.25) is 4.79 Å². The zero-order valence-corrected chi connectivity index (χ0v) is 14.4. The SMILES string of the molecule is O=C(Cc1ccc(F)cc1)Nc1ccc(Nc2ccccc2C(F)(F)F)nc1. The summed E-state index contributed by atoms with van der Waals surface area (Å²) in [6.45, 7) is 0. The topological polar surface area (TPSA) is 54.0 Å². The van der Waals surface area contributed by atoms with Crippen LogP contribution >= 0.6 is 0 Å². The van der Waals surface area contributed by atoms with Gasteiger partial charge in [0.05, 0.1) is 29.6 Å². The third-order valence-electron chi connectivity index (χ3n) is 3.82. The van der Waals surface area contributed by atoms with Crippen molar-refractivity contribution in [2.75, 3.05) is 10.6 Å². The number of carbonyl (C=O) groups is 1. The zero-order chi connectivity index (χ0) is 20.1. The third-order valence-corrected chi connectivity index (χ3v) is 3.82. The highest BCUT2D eigenvalue weighted by Gasteiger charge is 2.33. The summed E-state index contributed by atoms with van der Waals surface area (Å²) in [7, 11) is 0. The molecule has 0 fully saturated rings. The van der Waals surface area contributed by atoms with E-state index < -0.39 is 11.7 Å². The van der Waals surface area contributed by atoms with E-state index in [1.54, 1.807) is 0 Å². The average molecular weight is 389 g/mol. The first kappa shape index (κ1) is 19.3. The number of hydrogen-bond acceptors (Lipinski definition) is 3. The van der Waals surface area contributed by atoms with Gasteiger partial charge in [-0.25, -0.2) is 9.37 Å². The lowest BCUT2D eigenvalue weighted by atomic mass is 10.1.